The molecule has 0 bridgehead atoms. The van der Waals surface area contributed by atoms with Crippen LogP contribution < -0.4 is 15.4 Å². The maximum Gasteiger partial charge on any atom is 0.226 e. The number of para-hydroxylation sites is 1. The second-order valence-electron chi connectivity index (χ2n) is 5.25. The number of pyridine rings is 1. The first-order valence-electron chi connectivity index (χ1n) is 7.75. The van der Waals surface area contributed by atoms with Gasteiger partial charge in [-0.1, -0.05) is 25.1 Å². The van der Waals surface area contributed by atoms with Gasteiger partial charge in [0.1, 0.15) is 17.6 Å². The van der Waals surface area contributed by atoms with Gasteiger partial charge < -0.3 is 15.4 Å². The number of hydrogen-bond acceptors (Lipinski definition) is 5. The number of amides is 1. The first-order valence-corrected chi connectivity index (χ1v) is 7.75. The van der Waals surface area contributed by atoms with Gasteiger partial charge in [0.05, 0.1) is 18.1 Å². The molecule has 6 heteroatoms. The van der Waals surface area contributed by atoms with Crippen LogP contribution in [0.3, 0.4) is 0 Å². The third-order valence-electron chi connectivity index (χ3n) is 3.34. The summed E-state index contributed by atoms with van der Waals surface area (Å²) >= 11 is 0. The Morgan fingerprint density at radius 1 is 1.25 bits per heavy atom. The molecule has 0 aliphatic heterocycles. The van der Waals surface area contributed by atoms with Gasteiger partial charge in [-0.25, -0.2) is 4.98 Å². The first kappa shape index (κ1) is 17.3. The highest BCUT2D eigenvalue weighted by Crippen LogP contribution is 2.10. The number of hydrogen-bond donors (Lipinski definition) is 2. The van der Waals surface area contributed by atoms with Crippen molar-refractivity contribution in [2.24, 2.45) is 5.92 Å². The van der Waals surface area contributed by atoms with Gasteiger partial charge in [-0.15, -0.1) is 0 Å². The molecule has 0 saturated carbocycles. The Hall–Kier alpha value is -3.07. The van der Waals surface area contributed by atoms with E-state index in [1.807, 2.05) is 37.3 Å². The molecule has 24 heavy (non-hydrogen) atoms. The van der Waals surface area contributed by atoms with Crippen molar-refractivity contribution < 1.29 is 9.53 Å². The molecule has 0 unspecified atom stereocenters. The van der Waals surface area contributed by atoms with Crippen LogP contribution >= 0.6 is 0 Å². The zero-order valence-electron chi connectivity index (χ0n) is 13.5. The number of nitrogens with one attached hydrogen (secondary N) is 2. The van der Waals surface area contributed by atoms with Crippen LogP contribution in [-0.4, -0.2) is 30.6 Å². The summed E-state index contributed by atoms with van der Waals surface area (Å²) < 4.78 is 5.57. The summed E-state index contributed by atoms with van der Waals surface area (Å²) in [5.74, 6) is 0.941. The number of rotatable bonds is 8. The molecule has 1 atom stereocenters. The van der Waals surface area contributed by atoms with E-state index < -0.39 is 0 Å². The van der Waals surface area contributed by atoms with Crippen LogP contribution in [-0.2, 0) is 4.79 Å². The predicted molar refractivity (Wildman–Crippen MR) is 91.6 cm³/mol. The number of nitriles is 1. The van der Waals surface area contributed by atoms with Crippen molar-refractivity contribution in [1.82, 2.24) is 10.3 Å². The fourth-order valence-electron chi connectivity index (χ4n) is 1.99. The van der Waals surface area contributed by atoms with Crippen LogP contribution in [0.5, 0.6) is 5.75 Å². The van der Waals surface area contributed by atoms with Crippen LogP contribution in [0.15, 0.2) is 48.7 Å². The van der Waals surface area contributed by atoms with Crippen molar-refractivity contribution in [2.45, 2.75) is 6.92 Å². The number of carbonyl (C=O) groups excluding carboxylic acids is 1. The minimum absolute atomic E-state index is 0.0748. The molecule has 0 aliphatic carbocycles. The standard InChI is InChI=1S/C18H20N4O2/c1-14(13-24-16-7-3-2-4-8-16)18(23)22-11-10-21-17-15(12-19)6-5-9-20-17/h2-9,14H,10-11,13H2,1H3,(H,20,21)(H,22,23)/t14-/m0/s1. The van der Waals surface area contributed by atoms with Gasteiger partial charge in [0.25, 0.3) is 0 Å². The molecule has 0 radical (unpaired) electrons. The SMILES string of the molecule is C[C@@H](COc1ccccc1)C(=O)NCCNc1ncccc1C#N. The maximum absolute atomic E-state index is 12.0. The van der Waals surface area contributed by atoms with E-state index in [2.05, 4.69) is 21.7 Å². The summed E-state index contributed by atoms with van der Waals surface area (Å²) in [5.41, 5.74) is 0.480. The number of aromatic nitrogens is 1. The molecule has 2 aromatic rings. The molecule has 1 aromatic heterocycles. The zero-order valence-corrected chi connectivity index (χ0v) is 13.5. The van der Waals surface area contributed by atoms with E-state index in [1.165, 1.54) is 0 Å². The van der Waals surface area contributed by atoms with E-state index in [0.717, 1.165) is 5.75 Å². The Morgan fingerprint density at radius 3 is 2.79 bits per heavy atom. The van der Waals surface area contributed by atoms with Crippen molar-refractivity contribution in [3.05, 3.63) is 54.2 Å². The monoisotopic (exact) mass is 324 g/mol. The highest BCUT2D eigenvalue weighted by Gasteiger charge is 2.13. The van der Waals surface area contributed by atoms with Crippen LogP contribution in [0, 0.1) is 17.2 Å². The highest BCUT2D eigenvalue weighted by atomic mass is 16.5. The molecule has 0 saturated heterocycles. The lowest BCUT2D eigenvalue weighted by Crippen LogP contribution is -2.35. The fourth-order valence-corrected chi connectivity index (χ4v) is 1.99. The maximum atomic E-state index is 12.0. The van der Waals surface area contributed by atoms with Crippen LogP contribution in [0.2, 0.25) is 0 Å². The molecule has 1 amide bonds. The number of carbonyl (C=O) groups is 1. The fraction of sp³-hybridized carbons (Fsp3) is 0.278. The molecule has 0 fully saturated rings. The molecule has 2 rings (SSSR count). The summed E-state index contributed by atoms with van der Waals surface area (Å²) in [4.78, 5) is 16.1. The van der Waals surface area contributed by atoms with E-state index in [1.54, 1.807) is 18.3 Å². The molecule has 124 valence electrons. The van der Waals surface area contributed by atoms with E-state index >= 15 is 0 Å². The summed E-state index contributed by atoms with van der Waals surface area (Å²) in [6.45, 7) is 3.07. The van der Waals surface area contributed by atoms with E-state index in [9.17, 15) is 4.79 Å². The lowest BCUT2D eigenvalue weighted by atomic mass is 10.2. The van der Waals surface area contributed by atoms with Crippen molar-refractivity contribution in [1.29, 1.82) is 5.26 Å². The number of ether oxygens (including phenoxy) is 1. The minimum Gasteiger partial charge on any atom is -0.493 e. The Bertz CT molecular complexity index is 698. The lowest BCUT2D eigenvalue weighted by molar-refractivity contribution is -0.125. The summed E-state index contributed by atoms with van der Waals surface area (Å²) in [6.07, 6.45) is 1.62. The van der Waals surface area contributed by atoms with E-state index in [0.29, 0.717) is 31.1 Å². The van der Waals surface area contributed by atoms with Gasteiger partial charge in [0.2, 0.25) is 5.91 Å². The largest absolute Gasteiger partial charge is 0.493 e. The van der Waals surface area contributed by atoms with Crippen LogP contribution in [0.4, 0.5) is 5.82 Å². The van der Waals surface area contributed by atoms with Crippen molar-refractivity contribution >= 4 is 11.7 Å². The Morgan fingerprint density at radius 2 is 2.04 bits per heavy atom. The van der Waals surface area contributed by atoms with Gasteiger partial charge in [0.15, 0.2) is 0 Å². The minimum atomic E-state index is -0.255. The third kappa shape index (κ3) is 5.29. The first-order chi connectivity index (χ1) is 11.7. The van der Waals surface area contributed by atoms with Crippen LogP contribution in [0.25, 0.3) is 0 Å². The van der Waals surface area contributed by atoms with Gasteiger partial charge in [-0.3, -0.25) is 4.79 Å². The second-order valence-corrected chi connectivity index (χ2v) is 5.25. The molecule has 0 aliphatic rings. The number of nitrogens with zero attached hydrogens (tertiary/aromatic N) is 2. The summed E-state index contributed by atoms with van der Waals surface area (Å²) in [7, 11) is 0. The Labute approximate surface area is 141 Å². The molecular weight excluding hydrogens is 304 g/mol. The molecule has 0 spiro atoms. The smallest absolute Gasteiger partial charge is 0.226 e. The summed E-state index contributed by atoms with van der Waals surface area (Å²) in [5, 5.41) is 14.8. The van der Waals surface area contributed by atoms with Crippen molar-refractivity contribution in [2.75, 3.05) is 25.0 Å². The van der Waals surface area contributed by atoms with Crippen molar-refractivity contribution in [3.63, 3.8) is 0 Å². The normalized spacial score (nSPS) is 11.2. The van der Waals surface area contributed by atoms with E-state index in [4.69, 9.17) is 10.00 Å². The highest BCUT2D eigenvalue weighted by molar-refractivity contribution is 5.78. The molecule has 1 heterocycles. The Balaban J connectivity index is 1.68. The van der Waals surface area contributed by atoms with Crippen molar-refractivity contribution in [3.8, 4) is 11.8 Å². The van der Waals surface area contributed by atoms with Gasteiger partial charge in [-0.05, 0) is 24.3 Å². The van der Waals surface area contributed by atoms with Gasteiger partial charge >= 0.3 is 0 Å². The topological polar surface area (TPSA) is 87.0 Å². The molecular formula is C18H20N4O2. The zero-order chi connectivity index (χ0) is 17.2. The predicted octanol–water partition coefficient (Wildman–Crippen LogP) is 2.20. The number of anilines is 1. The summed E-state index contributed by atoms with van der Waals surface area (Å²) in [6, 6.07) is 14.9. The molecule has 6 nitrogen and oxygen atoms in total. The van der Waals surface area contributed by atoms with Gasteiger partial charge in [-0.2, -0.15) is 5.26 Å². The number of benzene rings is 1. The quantitative estimate of drug-likeness (QED) is 0.727. The lowest BCUT2D eigenvalue weighted by Gasteiger charge is -2.14. The molecule has 2 N–H and O–H groups in total. The second kappa shape index (κ2) is 9.16. The van der Waals surface area contributed by atoms with Crippen LogP contribution in [0.1, 0.15) is 12.5 Å². The average molecular weight is 324 g/mol. The Kier molecular flexibility index (Phi) is 6.59. The van der Waals surface area contributed by atoms with Gasteiger partial charge in [0, 0.05) is 19.3 Å². The average Bonchev–Trinajstić information content (AvgIpc) is 2.64. The molecule has 1 aromatic carbocycles. The third-order valence-corrected chi connectivity index (χ3v) is 3.34. The van der Waals surface area contributed by atoms with E-state index in [-0.39, 0.29) is 11.8 Å².